The molecule has 0 fully saturated rings. The first-order chi connectivity index (χ1) is 17.4. The summed E-state index contributed by atoms with van der Waals surface area (Å²) in [4.78, 5) is 41.9. The van der Waals surface area contributed by atoms with Crippen LogP contribution in [0, 0.1) is 11.6 Å². The Morgan fingerprint density at radius 3 is 2.25 bits per heavy atom. The lowest BCUT2D eigenvalue weighted by Gasteiger charge is -2.26. The number of carbonyl (C=O) groups excluding carboxylic acids is 3. The van der Waals surface area contributed by atoms with Crippen molar-refractivity contribution in [3.05, 3.63) is 106 Å². The Morgan fingerprint density at radius 1 is 0.861 bits per heavy atom. The van der Waals surface area contributed by atoms with E-state index in [4.69, 9.17) is 4.52 Å². The van der Waals surface area contributed by atoms with Gasteiger partial charge in [-0.1, -0.05) is 5.16 Å². The molecule has 36 heavy (non-hydrogen) atoms. The first-order valence-corrected chi connectivity index (χ1v) is 11.2. The van der Waals surface area contributed by atoms with Crippen molar-refractivity contribution < 1.29 is 27.7 Å². The molecule has 0 saturated heterocycles. The minimum atomic E-state index is -0.574. The molecule has 0 spiro atoms. The number of anilines is 1. The lowest BCUT2D eigenvalue weighted by Crippen LogP contribution is -2.36. The number of fused-ring (bicyclic) bond motifs is 2. The molecule has 0 bridgehead atoms. The van der Waals surface area contributed by atoms with Crippen LogP contribution in [0.5, 0.6) is 0 Å². The third-order valence-corrected chi connectivity index (χ3v) is 6.45. The van der Waals surface area contributed by atoms with Crippen LogP contribution in [0.2, 0.25) is 0 Å². The van der Waals surface area contributed by atoms with Crippen molar-refractivity contribution in [2.45, 2.75) is 13.0 Å². The maximum atomic E-state index is 13.4. The Labute approximate surface area is 203 Å². The molecular weight excluding hydrogens is 468 g/mol. The highest BCUT2D eigenvalue weighted by molar-refractivity contribution is 6.34. The molecule has 2 aliphatic heterocycles. The van der Waals surface area contributed by atoms with Gasteiger partial charge >= 0.3 is 0 Å². The number of hydrogen-bond acceptors (Lipinski definition) is 5. The first kappa shape index (κ1) is 21.8. The summed E-state index contributed by atoms with van der Waals surface area (Å²) >= 11 is 0. The van der Waals surface area contributed by atoms with E-state index in [1.54, 1.807) is 17.0 Å². The number of carbonyl (C=O) groups is 3. The van der Waals surface area contributed by atoms with Crippen LogP contribution in [-0.2, 0) is 13.0 Å². The average molecular weight is 485 g/mol. The molecule has 0 atom stereocenters. The SMILES string of the molecule is O=C(c1ccc2c(c1)C(=O)N(c1ccc(F)cc1)C2=O)N1CCc2noc(-c3ccc(F)cc3)c2C1. The lowest BCUT2D eigenvalue weighted by atomic mass is 10.00. The number of nitrogens with zero attached hydrogens (tertiary/aromatic N) is 3. The predicted octanol–water partition coefficient (Wildman–Crippen LogP) is 4.62. The van der Waals surface area contributed by atoms with Crippen molar-refractivity contribution in [3.63, 3.8) is 0 Å². The summed E-state index contributed by atoms with van der Waals surface area (Å²) in [5.41, 5.74) is 2.95. The van der Waals surface area contributed by atoms with Gasteiger partial charge in [0.15, 0.2) is 5.76 Å². The standard InChI is InChI=1S/C27H17F2N3O4/c28-17-4-1-15(2-5-17)24-22-14-31(12-11-23(22)30-36-24)25(33)16-3-10-20-21(13-16)27(35)32(26(20)34)19-8-6-18(29)7-9-19/h1-10,13H,11-12,14H2. The highest BCUT2D eigenvalue weighted by Crippen LogP contribution is 2.33. The van der Waals surface area contributed by atoms with Gasteiger partial charge < -0.3 is 9.42 Å². The summed E-state index contributed by atoms with van der Waals surface area (Å²) < 4.78 is 32.2. The molecule has 0 aliphatic carbocycles. The first-order valence-electron chi connectivity index (χ1n) is 11.2. The zero-order valence-electron chi connectivity index (χ0n) is 18.7. The van der Waals surface area contributed by atoms with Crippen LogP contribution >= 0.6 is 0 Å². The van der Waals surface area contributed by atoms with E-state index < -0.39 is 17.6 Å². The van der Waals surface area contributed by atoms with Crippen LogP contribution in [0.3, 0.4) is 0 Å². The topological polar surface area (TPSA) is 83.7 Å². The van der Waals surface area contributed by atoms with E-state index in [0.29, 0.717) is 24.3 Å². The van der Waals surface area contributed by atoms with Crippen LogP contribution in [-0.4, -0.2) is 34.3 Å². The number of rotatable bonds is 3. The highest BCUT2D eigenvalue weighted by atomic mass is 19.1. The van der Waals surface area contributed by atoms with E-state index in [1.807, 2.05) is 0 Å². The van der Waals surface area contributed by atoms with Crippen LogP contribution in [0.1, 0.15) is 42.3 Å². The third-order valence-electron chi connectivity index (χ3n) is 6.45. The molecule has 2 aliphatic rings. The molecule has 0 radical (unpaired) electrons. The fourth-order valence-electron chi connectivity index (χ4n) is 4.59. The van der Waals surface area contributed by atoms with Crippen LogP contribution < -0.4 is 4.90 Å². The van der Waals surface area contributed by atoms with Gasteiger partial charge in [0.2, 0.25) is 0 Å². The molecule has 6 rings (SSSR count). The van der Waals surface area contributed by atoms with Gasteiger partial charge in [-0.15, -0.1) is 0 Å². The lowest BCUT2D eigenvalue weighted by molar-refractivity contribution is 0.0734. The van der Waals surface area contributed by atoms with Gasteiger partial charge in [0.05, 0.1) is 29.1 Å². The monoisotopic (exact) mass is 485 g/mol. The molecule has 1 aromatic heterocycles. The highest BCUT2D eigenvalue weighted by Gasteiger charge is 2.38. The molecule has 0 unspecified atom stereocenters. The van der Waals surface area contributed by atoms with Gasteiger partial charge in [-0.2, -0.15) is 0 Å². The molecule has 0 saturated carbocycles. The Kier molecular flexibility index (Phi) is 4.99. The number of hydrogen-bond donors (Lipinski definition) is 0. The maximum absolute atomic E-state index is 13.4. The fraction of sp³-hybridized carbons (Fsp3) is 0.111. The van der Waals surface area contributed by atoms with Gasteiger partial charge in [0.25, 0.3) is 17.7 Å². The number of amides is 3. The van der Waals surface area contributed by atoms with Crippen molar-refractivity contribution in [2.24, 2.45) is 0 Å². The summed E-state index contributed by atoms with van der Waals surface area (Å²) in [6.07, 6.45) is 0.479. The summed E-state index contributed by atoms with van der Waals surface area (Å²) in [6, 6.07) is 15.3. The second kappa shape index (κ2) is 8.23. The molecular formula is C27H17F2N3O4. The van der Waals surface area contributed by atoms with Crippen LogP contribution in [0.25, 0.3) is 11.3 Å². The molecule has 3 aromatic carbocycles. The zero-order valence-corrected chi connectivity index (χ0v) is 18.7. The number of benzene rings is 3. The van der Waals surface area contributed by atoms with Crippen molar-refractivity contribution in [1.82, 2.24) is 10.1 Å². The fourth-order valence-corrected chi connectivity index (χ4v) is 4.59. The smallest absolute Gasteiger partial charge is 0.266 e. The van der Waals surface area contributed by atoms with E-state index in [2.05, 4.69) is 5.16 Å². The average Bonchev–Trinajstić information content (AvgIpc) is 3.42. The van der Waals surface area contributed by atoms with Gasteiger partial charge in [-0.3, -0.25) is 14.4 Å². The van der Waals surface area contributed by atoms with Gasteiger partial charge in [-0.25, -0.2) is 13.7 Å². The van der Waals surface area contributed by atoms with Crippen molar-refractivity contribution in [1.29, 1.82) is 0 Å². The van der Waals surface area contributed by atoms with Crippen molar-refractivity contribution in [3.8, 4) is 11.3 Å². The molecule has 0 N–H and O–H groups in total. The van der Waals surface area contributed by atoms with Crippen molar-refractivity contribution in [2.75, 3.05) is 11.4 Å². The predicted molar refractivity (Wildman–Crippen MR) is 124 cm³/mol. The summed E-state index contributed by atoms with van der Waals surface area (Å²) in [6.45, 7) is 0.628. The second-order valence-electron chi connectivity index (χ2n) is 8.60. The Balaban J connectivity index is 1.27. The molecule has 178 valence electrons. The molecule has 7 nitrogen and oxygen atoms in total. The van der Waals surface area contributed by atoms with Gasteiger partial charge in [-0.05, 0) is 66.7 Å². The van der Waals surface area contributed by atoms with Gasteiger partial charge in [0, 0.05) is 29.7 Å². The molecule has 3 amide bonds. The molecule has 9 heteroatoms. The minimum Gasteiger partial charge on any atom is -0.356 e. The van der Waals surface area contributed by atoms with E-state index in [1.165, 1.54) is 54.6 Å². The number of imide groups is 1. The maximum Gasteiger partial charge on any atom is 0.266 e. The molecule has 3 heterocycles. The summed E-state index contributed by atoms with van der Waals surface area (Å²) in [5.74, 6) is -1.79. The quantitative estimate of drug-likeness (QED) is 0.396. The van der Waals surface area contributed by atoms with E-state index in [9.17, 15) is 23.2 Å². The number of halogens is 2. The molecule has 4 aromatic rings. The second-order valence-corrected chi connectivity index (χ2v) is 8.60. The normalized spacial score (nSPS) is 14.7. The van der Waals surface area contributed by atoms with Gasteiger partial charge in [0.1, 0.15) is 11.6 Å². The summed E-state index contributed by atoms with van der Waals surface area (Å²) in [5, 5.41) is 4.11. The Bertz CT molecular complexity index is 1540. The minimum absolute atomic E-state index is 0.116. The van der Waals surface area contributed by atoms with E-state index >= 15 is 0 Å². The van der Waals surface area contributed by atoms with E-state index in [-0.39, 0.29) is 40.6 Å². The zero-order chi connectivity index (χ0) is 25.0. The van der Waals surface area contributed by atoms with Crippen LogP contribution in [0.15, 0.2) is 71.3 Å². The number of aromatic nitrogens is 1. The third kappa shape index (κ3) is 3.48. The summed E-state index contributed by atoms with van der Waals surface area (Å²) in [7, 11) is 0. The Hall–Kier alpha value is -4.66. The Morgan fingerprint density at radius 2 is 1.53 bits per heavy atom. The van der Waals surface area contributed by atoms with Crippen molar-refractivity contribution >= 4 is 23.4 Å². The van der Waals surface area contributed by atoms with E-state index in [0.717, 1.165) is 16.2 Å². The van der Waals surface area contributed by atoms with Crippen LogP contribution in [0.4, 0.5) is 14.5 Å². The largest absolute Gasteiger partial charge is 0.356 e.